The summed E-state index contributed by atoms with van der Waals surface area (Å²) in [6.07, 6.45) is 1.73. The number of hydrogen-bond acceptors (Lipinski definition) is 4. The SMILES string of the molecule is CCOCC(C)Oc1ccc([C@@H](C)N)nc1. The third-order valence-corrected chi connectivity index (χ3v) is 2.12. The summed E-state index contributed by atoms with van der Waals surface area (Å²) >= 11 is 0. The first-order valence-corrected chi connectivity index (χ1v) is 5.59. The van der Waals surface area contributed by atoms with E-state index in [4.69, 9.17) is 15.2 Å². The van der Waals surface area contributed by atoms with Crippen molar-refractivity contribution < 1.29 is 9.47 Å². The lowest BCUT2D eigenvalue weighted by molar-refractivity contribution is 0.0655. The summed E-state index contributed by atoms with van der Waals surface area (Å²) in [6.45, 7) is 7.13. The fourth-order valence-corrected chi connectivity index (χ4v) is 1.28. The van der Waals surface area contributed by atoms with Crippen molar-refractivity contribution in [1.82, 2.24) is 4.98 Å². The van der Waals surface area contributed by atoms with Crippen molar-refractivity contribution in [2.24, 2.45) is 5.73 Å². The van der Waals surface area contributed by atoms with Crippen molar-refractivity contribution in [2.45, 2.75) is 32.9 Å². The zero-order valence-corrected chi connectivity index (χ0v) is 10.1. The van der Waals surface area contributed by atoms with E-state index in [2.05, 4.69) is 4.98 Å². The van der Waals surface area contributed by atoms with Gasteiger partial charge in [0.15, 0.2) is 0 Å². The van der Waals surface area contributed by atoms with Crippen molar-refractivity contribution in [3.8, 4) is 5.75 Å². The minimum absolute atomic E-state index is 0.0305. The first kappa shape index (κ1) is 12.9. The Kier molecular flexibility index (Phi) is 5.22. The third-order valence-electron chi connectivity index (χ3n) is 2.12. The summed E-state index contributed by atoms with van der Waals surface area (Å²) in [7, 11) is 0. The molecule has 0 bridgehead atoms. The van der Waals surface area contributed by atoms with Gasteiger partial charge in [-0.1, -0.05) is 0 Å². The first-order chi connectivity index (χ1) is 7.63. The predicted octanol–water partition coefficient (Wildman–Crippen LogP) is 1.91. The molecule has 1 unspecified atom stereocenters. The van der Waals surface area contributed by atoms with Gasteiger partial charge in [-0.3, -0.25) is 4.98 Å². The Hall–Kier alpha value is -1.13. The van der Waals surface area contributed by atoms with E-state index in [-0.39, 0.29) is 12.1 Å². The molecule has 0 saturated heterocycles. The van der Waals surface area contributed by atoms with E-state index in [1.54, 1.807) is 6.20 Å². The van der Waals surface area contributed by atoms with E-state index in [0.29, 0.717) is 13.2 Å². The van der Waals surface area contributed by atoms with Gasteiger partial charge in [0.25, 0.3) is 0 Å². The van der Waals surface area contributed by atoms with Crippen LogP contribution in [0.3, 0.4) is 0 Å². The zero-order chi connectivity index (χ0) is 12.0. The second-order valence-electron chi connectivity index (χ2n) is 3.80. The second kappa shape index (κ2) is 6.45. The quantitative estimate of drug-likeness (QED) is 0.802. The van der Waals surface area contributed by atoms with Gasteiger partial charge in [-0.2, -0.15) is 0 Å². The summed E-state index contributed by atoms with van der Waals surface area (Å²) in [5.74, 6) is 0.747. The molecule has 4 nitrogen and oxygen atoms in total. The van der Waals surface area contributed by atoms with Crippen LogP contribution in [-0.4, -0.2) is 24.3 Å². The van der Waals surface area contributed by atoms with Crippen molar-refractivity contribution in [3.05, 3.63) is 24.0 Å². The number of aromatic nitrogens is 1. The van der Waals surface area contributed by atoms with Crippen LogP contribution in [0, 0.1) is 0 Å². The number of ether oxygens (including phenoxy) is 2. The van der Waals surface area contributed by atoms with Crippen LogP contribution in [0.15, 0.2) is 18.3 Å². The lowest BCUT2D eigenvalue weighted by Gasteiger charge is -2.14. The smallest absolute Gasteiger partial charge is 0.138 e. The van der Waals surface area contributed by atoms with Crippen LogP contribution in [0.25, 0.3) is 0 Å². The van der Waals surface area contributed by atoms with Crippen LogP contribution in [0.4, 0.5) is 0 Å². The largest absolute Gasteiger partial charge is 0.487 e. The molecule has 1 aromatic rings. The van der Waals surface area contributed by atoms with Gasteiger partial charge >= 0.3 is 0 Å². The van der Waals surface area contributed by atoms with Crippen molar-refractivity contribution in [2.75, 3.05) is 13.2 Å². The molecule has 0 spiro atoms. The first-order valence-electron chi connectivity index (χ1n) is 5.59. The van der Waals surface area contributed by atoms with E-state index in [0.717, 1.165) is 11.4 Å². The normalized spacial score (nSPS) is 14.5. The van der Waals surface area contributed by atoms with Crippen molar-refractivity contribution in [3.63, 3.8) is 0 Å². The fourth-order valence-electron chi connectivity index (χ4n) is 1.28. The summed E-state index contributed by atoms with van der Waals surface area (Å²) in [4.78, 5) is 4.22. The standard InChI is InChI=1S/C12H20N2O2/c1-4-15-8-9(2)16-11-5-6-12(10(3)13)14-7-11/h5-7,9-10H,4,8,13H2,1-3H3/t9?,10-/m1/s1. The molecule has 1 aromatic heterocycles. The van der Waals surface area contributed by atoms with Gasteiger partial charge < -0.3 is 15.2 Å². The summed E-state index contributed by atoms with van der Waals surface area (Å²) in [5, 5.41) is 0. The number of hydrogen-bond donors (Lipinski definition) is 1. The highest BCUT2D eigenvalue weighted by Gasteiger charge is 2.05. The van der Waals surface area contributed by atoms with Crippen LogP contribution in [0.5, 0.6) is 5.75 Å². The highest BCUT2D eigenvalue weighted by atomic mass is 16.5. The van der Waals surface area contributed by atoms with Gasteiger partial charge in [0.1, 0.15) is 11.9 Å². The Bertz CT molecular complexity index is 298. The summed E-state index contributed by atoms with van der Waals surface area (Å²) < 4.78 is 10.9. The molecule has 2 N–H and O–H groups in total. The highest BCUT2D eigenvalue weighted by Crippen LogP contribution is 2.14. The Balaban J connectivity index is 2.48. The number of nitrogens with two attached hydrogens (primary N) is 1. The Labute approximate surface area is 96.8 Å². The van der Waals surface area contributed by atoms with Crippen molar-refractivity contribution in [1.29, 1.82) is 0 Å². The molecule has 0 aliphatic rings. The number of rotatable bonds is 6. The Morgan fingerprint density at radius 2 is 2.12 bits per heavy atom. The van der Waals surface area contributed by atoms with Crippen LogP contribution < -0.4 is 10.5 Å². The highest BCUT2D eigenvalue weighted by molar-refractivity contribution is 5.21. The molecule has 0 aliphatic carbocycles. The second-order valence-corrected chi connectivity index (χ2v) is 3.80. The average molecular weight is 224 g/mol. The van der Waals surface area contributed by atoms with Gasteiger partial charge in [0.2, 0.25) is 0 Å². The van der Waals surface area contributed by atoms with Crippen LogP contribution in [0.2, 0.25) is 0 Å². The molecule has 90 valence electrons. The lowest BCUT2D eigenvalue weighted by Crippen LogP contribution is -2.19. The lowest BCUT2D eigenvalue weighted by atomic mass is 10.2. The maximum absolute atomic E-state index is 5.71. The van der Waals surface area contributed by atoms with Crippen LogP contribution in [0.1, 0.15) is 32.5 Å². The number of pyridine rings is 1. The Morgan fingerprint density at radius 1 is 1.38 bits per heavy atom. The molecule has 0 fully saturated rings. The van der Waals surface area contributed by atoms with E-state index >= 15 is 0 Å². The third kappa shape index (κ3) is 4.16. The fraction of sp³-hybridized carbons (Fsp3) is 0.583. The van der Waals surface area contributed by atoms with Crippen LogP contribution in [-0.2, 0) is 4.74 Å². The zero-order valence-electron chi connectivity index (χ0n) is 10.1. The minimum Gasteiger partial charge on any atom is -0.487 e. The molecule has 0 amide bonds. The maximum Gasteiger partial charge on any atom is 0.138 e. The molecule has 4 heteroatoms. The van der Waals surface area contributed by atoms with Gasteiger partial charge in [-0.25, -0.2) is 0 Å². The molecule has 0 aromatic carbocycles. The molecule has 1 heterocycles. The predicted molar refractivity (Wildman–Crippen MR) is 63.4 cm³/mol. The van der Waals surface area contributed by atoms with Gasteiger partial charge in [-0.05, 0) is 32.9 Å². The monoisotopic (exact) mass is 224 g/mol. The maximum atomic E-state index is 5.71. The average Bonchev–Trinajstić information content (AvgIpc) is 2.27. The van der Waals surface area contributed by atoms with Crippen LogP contribution >= 0.6 is 0 Å². The molecule has 1 rings (SSSR count). The molecular formula is C12H20N2O2. The molecule has 16 heavy (non-hydrogen) atoms. The van der Waals surface area contributed by atoms with Gasteiger partial charge in [0, 0.05) is 12.6 Å². The van der Waals surface area contributed by atoms with Gasteiger partial charge in [-0.15, -0.1) is 0 Å². The van der Waals surface area contributed by atoms with E-state index in [1.165, 1.54) is 0 Å². The Morgan fingerprint density at radius 3 is 2.62 bits per heavy atom. The van der Waals surface area contributed by atoms with E-state index < -0.39 is 0 Å². The topological polar surface area (TPSA) is 57.4 Å². The van der Waals surface area contributed by atoms with Gasteiger partial charge in [0.05, 0.1) is 18.5 Å². The molecular weight excluding hydrogens is 204 g/mol. The number of nitrogens with zero attached hydrogens (tertiary/aromatic N) is 1. The summed E-state index contributed by atoms with van der Waals surface area (Å²) in [6, 6.07) is 3.72. The van der Waals surface area contributed by atoms with E-state index in [9.17, 15) is 0 Å². The molecule has 0 radical (unpaired) electrons. The molecule has 0 aliphatic heterocycles. The minimum atomic E-state index is -0.0464. The summed E-state index contributed by atoms with van der Waals surface area (Å²) in [5.41, 5.74) is 6.57. The van der Waals surface area contributed by atoms with Crippen molar-refractivity contribution >= 4 is 0 Å². The molecule has 0 saturated carbocycles. The molecule has 2 atom stereocenters. The van der Waals surface area contributed by atoms with E-state index in [1.807, 2.05) is 32.9 Å².